The Balaban J connectivity index is 3.53. The molecule has 0 aromatic heterocycles. The molecule has 0 aromatic carbocycles. The average molecular weight is 135 g/mol. The largest absolute Gasteiger partial charge is 0.301 e. The van der Waals surface area contributed by atoms with Gasteiger partial charge >= 0.3 is 0 Å². The summed E-state index contributed by atoms with van der Waals surface area (Å²) in [4.78, 5) is 9.47. The lowest BCUT2D eigenvalue weighted by molar-refractivity contribution is -0.109. The minimum Gasteiger partial charge on any atom is -0.301 e. The van der Waals surface area contributed by atoms with E-state index in [1.165, 1.54) is 0 Å². The molecule has 0 spiro atoms. The Bertz CT molecular complexity index is 78.6. The second-order valence-corrected chi connectivity index (χ2v) is 3.01. The van der Waals surface area contributed by atoms with Crippen LogP contribution < -0.4 is 0 Å². The lowest BCUT2D eigenvalue weighted by Gasteiger charge is -2.10. The van der Waals surface area contributed by atoms with E-state index in [1.807, 2.05) is 6.92 Å². The van der Waals surface area contributed by atoms with E-state index >= 15 is 0 Å². The third-order valence-electron chi connectivity index (χ3n) is 0.985. The maximum atomic E-state index is 10.1. The number of halogens is 1. The maximum absolute atomic E-state index is 10.1. The van der Waals surface area contributed by atoms with E-state index in [-0.39, 0.29) is 0 Å². The van der Waals surface area contributed by atoms with Crippen molar-refractivity contribution in [3.8, 4) is 0 Å². The van der Waals surface area contributed by atoms with Gasteiger partial charge in [0.2, 0.25) is 0 Å². The first-order chi connectivity index (χ1) is 3.62. The predicted octanol–water partition coefficient (Wildman–Crippen LogP) is 1.98. The highest BCUT2D eigenvalue weighted by atomic mass is 35.5. The molecule has 2 heteroatoms. The van der Waals surface area contributed by atoms with Crippen LogP contribution in [0.15, 0.2) is 0 Å². The first-order valence-electron chi connectivity index (χ1n) is 2.77. The van der Waals surface area contributed by atoms with Crippen LogP contribution in [-0.4, -0.2) is 11.2 Å². The lowest BCUT2D eigenvalue weighted by atomic mass is 10.1. The number of rotatable bonds is 3. The fourth-order valence-electron chi connectivity index (χ4n) is 0.548. The van der Waals surface area contributed by atoms with Gasteiger partial charge in [0.15, 0.2) is 0 Å². The molecule has 0 N–H and O–H groups in total. The van der Waals surface area contributed by atoms with Gasteiger partial charge in [-0.05, 0) is 13.3 Å². The number of aldehydes is 1. The topological polar surface area (TPSA) is 17.1 Å². The summed E-state index contributed by atoms with van der Waals surface area (Å²) in [5.41, 5.74) is 0. The minimum atomic E-state index is -0.616. The van der Waals surface area contributed by atoms with Crippen molar-refractivity contribution in [2.75, 3.05) is 0 Å². The van der Waals surface area contributed by atoms with Crippen LogP contribution in [0.5, 0.6) is 0 Å². The molecule has 0 radical (unpaired) electrons. The fraction of sp³-hybridized carbons (Fsp3) is 0.833. The van der Waals surface area contributed by atoms with Crippen molar-refractivity contribution in [1.82, 2.24) is 0 Å². The third-order valence-corrected chi connectivity index (χ3v) is 1.26. The number of alkyl halides is 1. The van der Waals surface area contributed by atoms with Gasteiger partial charge in [0.05, 0.1) is 4.87 Å². The van der Waals surface area contributed by atoms with Crippen LogP contribution in [0.25, 0.3) is 0 Å². The minimum absolute atomic E-state index is 0.616. The van der Waals surface area contributed by atoms with Crippen LogP contribution in [-0.2, 0) is 4.79 Å². The Labute approximate surface area is 55.0 Å². The SMILES string of the molecule is CCCC(C)(Cl)C=O. The zero-order valence-corrected chi connectivity index (χ0v) is 6.03. The van der Waals surface area contributed by atoms with E-state index in [4.69, 9.17) is 11.6 Å². The highest BCUT2D eigenvalue weighted by Crippen LogP contribution is 2.16. The van der Waals surface area contributed by atoms with Crippen molar-refractivity contribution in [2.24, 2.45) is 0 Å². The molecule has 0 aromatic rings. The molecule has 0 aliphatic heterocycles. The van der Waals surface area contributed by atoms with Crippen molar-refractivity contribution in [3.05, 3.63) is 0 Å². The van der Waals surface area contributed by atoms with E-state index in [9.17, 15) is 4.79 Å². The maximum Gasteiger partial charge on any atom is 0.140 e. The molecule has 8 heavy (non-hydrogen) atoms. The van der Waals surface area contributed by atoms with Crippen molar-refractivity contribution in [3.63, 3.8) is 0 Å². The lowest BCUT2D eigenvalue weighted by Crippen LogP contribution is -2.16. The van der Waals surface area contributed by atoms with E-state index in [0.717, 1.165) is 19.1 Å². The molecule has 1 atom stereocenters. The molecule has 0 bridgehead atoms. The van der Waals surface area contributed by atoms with E-state index in [0.29, 0.717) is 0 Å². The van der Waals surface area contributed by atoms with Crippen LogP contribution in [0.2, 0.25) is 0 Å². The first-order valence-corrected chi connectivity index (χ1v) is 3.15. The van der Waals surface area contributed by atoms with Crippen LogP contribution in [0.1, 0.15) is 26.7 Å². The van der Waals surface area contributed by atoms with Crippen molar-refractivity contribution in [2.45, 2.75) is 31.6 Å². The van der Waals surface area contributed by atoms with E-state index in [1.54, 1.807) is 6.92 Å². The van der Waals surface area contributed by atoms with Gasteiger partial charge in [-0.1, -0.05) is 13.3 Å². The van der Waals surface area contributed by atoms with Gasteiger partial charge in [-0.15, -0.1) is 11.6 Å². The molecule has 0 rings (SSSR count). The summed E-state index contributed by atoms with van der Waals surface area (Å²) in [6, 6.07) is 0. The van der Waals surface area contributed by atoms with Crippen molar-refractivity contribution < 1.29 is 4.79 Å². The van der Waals surface area contributed by atoms with Crippen LogP contribution in [0.4, 0.5) is 0 Å². The van der Waals surface area contributed by atoms with Gasteiger partial charge in [-0.25, -0.2) is 0 Å². The smallest absolute Gasteiger partial charge is 0.140 e. The molecule has 0 amide bonds. The quantitative estimate of drug-likeness (QED) is 0.426. The first kappa shape index (κ1) is 7.96. The molecule has 0 heterocycles. The number of carbonyl (C=O) groups excluding carboxylic acids is 1. The Morgan fingerprint density at radius 1 is 1.75 bits per heavy atom. The van der Waals surface area contributed by atoms with Gasteiger partial charge in [-0.3, -0.25) is 0 Å². The Kier molecular flexibility index (Phi) is 3.06. The summed E-state index contributed by atoms with van der Waals surface area (Å²) in [6.07, 6.45) is 2.51. The molecule has 0 saturated carbocycles. The Morgan fingerprint density at radius 2 is 2.25 bits per heavy atom. The zero-order valence-electron chi connectivity index (χ0n) is 5.28. The summed E-state index contributed by atoms with van der Waals surface area (Å²) in [5.74, 6) is 0. The number of hydrogen-bond donors (Lipinski definition) is 0. The van der Waals surface area contributed by atoms with Crippen LogP contribution >= 0.6 is 11.6 Å². The van der Waals surface area contributed by atoms with Gasteiger partial charge < -0.3 is 4.79 Å². The number of carbonyl (C=O) groups is 1. The second-order valence-electron chi connectivity index (χ2n) is 2.15. The van der Waals surface area contributed by atoms with Crippen LogP contribution in [0.3, 0.4) is 0 Å². The van der Waals surface area contributed by atoms with Gasteiger partial charge in [0.1, 0.15) is 6.29 Å². The highest BCUT2D eigenvalue weighted by molar-refractivity contribution is 6.31. The average Bonchev–Trinajstić information content (AvgIpc) is 1.67. The zero-order chi connectivity index (χ0) is 6.62. The Hall–Kier alpha value is -0.0400. The summed E-state index contributed by atoms with van der Waals surface area (Å²) in [5, 5.41) is 0. The molecule has 1 unspecified atom stereocenters. The Morgan fingerprint density at radius 3 is 2.38 bits per heavy atom. The number of hydrogen-bond acceptors (Lipinski definition) is 1. The summed E-state index contributed by atoms with van der Waals surface area (Å²) < 4.78 is 0. The summed E-state index contributed by atoms with van der Waals surface area (Å²) in [6.45, 7) is 3.73. The van der Waals surface area contributed by atoms with E-state index in [2.05, 4.69) is 0 Å². The monoisotopic (exact) mass is 134 g/mol. The van der Waals surface area contributed by atoms with Crippen molar-refractivity contribution >= 4 is 17.9 Å². The third kappa shape index (κ3) is 3.03. The molecule has 0 aliphatic carbocycles. The molecular weight excluding hydrogens is 124 g/mol. The molecule has 0 saturated heterocycles. The second kappa shape index (κ2) is 3.08. The molecule has 1 nitrogen and oxygen atoms in total. The fourth-order valence-corrected chi connectivity index (χ4v) is 0.737. The molecular formula is C6H11ClO. The standard InChI is InChI=1S/C6H11ClO/c1-3-4-6(2,7)5-8/h5H,3-4H2,1-2H3. The molecule has 0 aliphatic rings. The highest BCUT2D eigenvalue weighted by Gasteiger charge is 2.16. The van der Waals surface area contributed by atoms with Crippen LogP contribution in [0, 0.1) is 0 Å². The predicted molar refractivity (Wildman–Crippen MR) is 35.2 cm³/mol. The summed E-state index contributed by atoms with van der Waals surface area (Å²) in [7, 11) is 0. The summed E-state index contributed by atoms with van der Waals surface area (Å²) >= 11 is 5.65. The van der Waals surface area contributed by atoms with Gasteiger partial charge in [0, 0.05) is 0 Å². The van der Waals surface area contributed by atoms with E-state index < -0.39 is 4.87 Å². The van der Waals surface area contributed by atoms with Gasteiger partial charge in [0.25, 0.3) is 0 Å². The van der Waals surface area contributed by atoms with Crippen molar-refractivity contribution in [1.29, 1.82) is 0 Å². The van der Waals surface area contributed by atoms with Gasteiger partial charge in [-0.2, -0.15) is 0 Å². The normalized spacial score (nSPS) is 17.4. The molecule has 48 valence electrons. The molecule has 0 fully saturated rings.